The fraction of sp³-hybridized carbons (Fsp3) is 0.0952. The zero-order chi connectivity index (χ0) is 19.7. The van der Waals surface area contributed by atoms with Crippen LogP contribution < -0.4 is 5.32 Å². The highest BCUT2D eigenvalue weighted by molar-refractivity contribution is 6.35. The van der Waals surface area contributed by atoms with Gasteiger partial charge < -0.3 is 5.32 Å². The minimum Gasteiger partial charge on any atom is -0.324 e. The van der Waals surface area contributed by atoms with E-state index in [2.05, 4.69) is 39.4 Å². The van der Waals surface area contributed by atoms with Crippen LogP contribution in [0.1, 0.15) is 11.3 Å². The first-order valence-electron chi connectivity index (χ1n) is 8.68. The van der Waals surface area contributed by atoms with Crippen molar-refractivity contribution in [2.75, 3.05) is 5.32 Å². The van der Waals surface area contributed by atoms with E-state index in [0.717, 1.165) is 28.3 Å². The molecule has 0 fully saturated rings. The van der Waals surface area contributed by atoms with Crippen molar-refractivity contribution in [2.24, 2.45) is 0 Å². The number of nitrogens with one attached hydrogen (secondary N) is 1. The van der Waals surface area contributed by atoms with E-state index in [0.29, 0.717) is 16.0 Å². The molecule has 2 aromatic heterocycles. The van der Waals surface area contributed by atoms with Crippen molar-refractivity contribution in [3.8, 4) is 16.9 Å². The molecule has 0 unspecified atom stereocenters. The summed E-state index contributed by atoms with van der Waals surface area (Å²) < 4.78 is 1.86. The summed E-state index contributed by atoms with van der Waals surface area (Å²) >= 11 is 12.1. The van der Waals surface area contributed by atoms with Gasteiger partial charge in [-0.1, -0.05) is 40.9 Å². The molecular formula is C21H17Cl2N5. The third-order valence-electron chi connectivity index (χ3n) is 4.25. The van der Waals surface area contributed by atoms with Gasteiger partial charge >= 0.3 is 0 Å². The predicted molar refractivity (Wildman–Crippen MR) is 114 cm³/mol. The van der Waals surface area contributed by atoms with Crippen molar-refractivity contribution >= 4 is 34.8 Å². The largest absolute Gasteiger partial charge is 0.324 e. The van der Waals surface area contributed by atoms with E-state index in [-0.39, 0.29) is 0 Å². The summed E-state index contributed by atoms with van der Waals surface area (Å²) in [6.07, 6.45) is 3.68. The fourth-order valence-corrected chi connectivity index (χ4v) is 3.39. The fourth-order valence-electron chi connectivity index (χ4n) is 2.87. The van der Waals surface area contributed by atoms with Crippen LogP contribution in [0, 0.1) is 13.8 Å². The Morgan fingerprint density at radius 3 is 2.36 bits per heavy atom. The van der Waals surface area contributed by atoms with Gasteiger partial charge in [0.05, 0.1) is 17.1 Å². The van der Waals surface area contributed by atoms with Gasteiger partial charge in [0.2, 0.25) is 5.95 Å². The minimum absolute atomic E-state index is 0.457. The predicted octanol–water partition coefficient (Wildman–Crippen LogP) is 6.00. The maximum Gasteiger partial charge on any atom is 0.227 e. The van der Waals surface area contributed by atoms with Crippen LogP contribution in [0.2, 0.25) is 10.0 Å². The van der Waals surface area contributed by atoms with Crippen LogP contribution in [0.3, 0.4) is 0 Å². The average Bonchev–Trinajstić information content (AvgIpc) is 3.03. The maximum absolute atomic E-state index is 6.06. The van der Waals surface area contributed by atoms with Crippen LogP contribution in [0.15, 0.2) is 60.9 Å². The Kier molecular flexibility index (Phi) is 5.03. The molecule has 0 aliphatic carbocycles. The molecule has 0 saturated heterocycles. The number of aromatic nitrogens is 4. The smallest absolute Gasteiger partial charge is 0.227 e. The topological polar surface area (TPSA) is 55.6 Å². The summed E-state index contributed by atoms with van der Waals surface area (Å²) in [5.74, 6) is 0.457. The summed E-state index contributed by atoms with van der Waals surface area (Å²) in [5, 5.41) is 8.85. The zero-order valence-electron chi connectivity index (χ0n) is 15.3. The van der Waals surface area contributed by atoms with Crippen molar-refractivity contribution in [3.05, 3.63) is 82.2 Å². The van der Waals surface area contributed by atoms with Gasteiger partial charge in [0.1, 0.15) is 0 Å². The van der Waals surface area contributed by atoms with Crippen molar-refractivity contribution in [3.63, 3.8) is 0 Å². The number of benzene rings is 2. The summed E-state index contributed by atoms with van der Waals surface area (Å²) in [6, 6.07) is 15.3. The molecule has 0 aliphatic heterocycles. The molecule has 140 valence electrons. The molecule has 4 rings (SSSR count). The van der Waals surface area contributed by atoms with E-state index in [4.69, 9.17) is 23.2 Å². The van der Waals surface area contributed by atoms with Crippen LogP contribution in [0.4, 0.5) is 11.6 Å². The standard InChI is InChI=1S/C21H17Cl2N5/c1-13-3-5-18(6-4-13)28-12-19(14(2)27-28)20-7-8-24-21(26-20)25-17-10-15(22)9-16(23)11-17/h3-12H,1-2H3,(H,24,25,26). The van der Waals surface area contributed by atoms with Crippen molar-refractivity contribution < 1.29 is 0 Å². The Balaban J connectivity index is 1.65. The van der Waals surface area contributed by atoms with Gasteiger partial charge in [-0.25, -0.2) is 14.6 Å². The van der Waals surface area contributed by atoms with Crippen LogP contribution in [0.25, 0.3) is 16.9 Å². The summed E-state index contributed by atoms with van der Waals surface area (Å²) in [5.41, 5.74) is 5.54. The van der Waals surface area contributed by atoms with E-state index < -0.39 is 0 Å². The molecule has 2 heterocycles. The van der Waals surface area contributed by atoms with E-state index >= 15 is 0 Å². The number of halogens is 2. The van der Waals surface area contributed by atoms with E-state index in [1.54, 1.807) is 24.4 Å². The third kappa shape index (κ3) is 4.01. The van der Waals surface area contributed by atoms with Gasteiger partial charge in [-0.3, -0.25) is 0 Å². The molecule has 0 amide bonds. The number of aryl methyl sites for hydroxylation is 2. The number of hydrogen-bond donors (Lipinski definition) is 1. The molecule has 0 radical (unpaired) electrons. The highest BCUT2D eigenvalue weighted by atomic mass is 35.5. The maximum atomic E-state index is 6.06. The summed E-state index contributed by atoms with van der Waals surface area (Å²) in [6.45, 7) is 4.03. The number of hydrogen-bond acceptors (Lipinski definition) is 4. The average molecular weight is 410 g/mol. The number of nitrogens with zero attached hydrogens (tertiary/aromatic N) is 4. The van der Waals surface area contributed by atoms with Crippen LogP contribution >= 0.6 is 23.2 Å². The van der Waals surface area contributed by atoms with Crippen molar-refractivity contribution in [1.82, 2.24) is 19.7 Å². The lowest BCUT2D eigenvalue weighted by Gasteiger charge is -2.07. The molecule has 28 heavy (non-hydrogen) atoms. The van der Waals surface area contributed by atoms with Gasteiger partial charge in [-0.15, -0.1) is 0 Å². The SMILES string of the molecule is Cc1ccc(-n2cc(-c3ccnc(Nc4cc(Cl)cc(Cl)c4)n3)c(C)n2)cc1. The lowest BCUT2D eigenvalue weighted by Crippen LogP contribution is -1.98. The first kappa shape index (κ1) is 18.5. The zero-order valence-corrected chi connectivity index (χ0v) is 16.8. The normalized spacial score (nSPS) is 10.9. The first-order chi connectivity index (χ1) is 13.5. The van der Waals surface area contributed by atoms with Crippen molar-refractivity contribution in [2.45, 2.75) is 13.8 Å². The number of rotatable bonds is 4. The van der Waals surface area contributed by atoms with Crippen LogP contribution in [-0.2, 0) is 0 Å². The van der Waals surface area contributed by atoms with E-state index in [9.17, 15) is 0 Å². The van der Waals surface area contributed by atoms with Gasteiger partial charge in [-0.05, 0) is 50.2 Å². The highest BCUT2D eigenvalue weighted by Gasteiger charge is 2.11. The van der Waals surface area contributed by atoms with E-state index in [1.165, 1.54) is 5.56 Å². The quantitative estimate of drug-likeness (QED) is 0.449. The van der Waals surface area contributed by atoms with Crippen molar-refractivity contribution in [1.29, 1.82) is 0 Å². The molecule has 0 bridgehead atoms. The van der Waals surface area contributed by atoms with Gasteiger partial charge in [-0.2, -0.15) is 5.10 Å². The molecule has 2 aromatic carbocycles. The molecular weight excluding hydrogens is 393 g/mol. The van der Waals surface area contributed by atoms with Crippen LogP contribution in [-0.4, -0.2) is 19.7 Å². The van der Waals surface area contributed by atoms with Gasteiger partial charge in [0.25, 0.3) is 0 Å². The second kappa shape index (κ2) is 7.62. The highest BCUT2D eigenvalue weighted by Crippen LogP contribution is 2.26. The molecule has 7 heteroatoms. The van der Waals surface area contributed by atoms with Gasteiger partial charge in [0, 0.05) is 33.7 Å². The molecule has 0 saturated carbocycles. The summed E-state index contributed by atoms with van der Waals surface area (Å²) in [4.78, 5) is 8.91. The molecule has 5 nitrogen and oxygen atoms in total. The molecule has 0 atom stereocenters. The van der Waals surface area contributed by atoms with Gasteiger partial charge in [0.15, 0.2) is 0 Å². The number of anilines is 2. The third-order valence-corrected chi connectivity index (χ3v) is 4.68. The Morgan fingerprint density at radius 2 is 1.64 bits per heavy atom. The minimum atomic E-state index is 0.457. The Hall–Kier alpha value is -2.89. The lowest BCUT2D eigenvalue weighted by atomic mass is 10.2. The Bertz CT molecular complexity index is 1120. The lowest BCUT2D eigenvalue weighted by molar-refractivity contribution is 0.862. The van der Waals surface area contributed by atoms with E-state index in [1.807, 2.05) is 36.0 Å². The second-order valence-corrected chi connectivity index (χ2v) is 7.33. The molecule has 0 aliphatic rings. The summed E-state index contributed by atoms with van der Waals surface area (Å²) in [7, 11) is 0. The molecule has 1 N–H and O–H groups in total. The Morgan fingerprint density at radius 1 is 0.929 bits per heavy atom. The Labute approximate surface area is 173 Å². The first-order valence-corrected chi connectivity index (χ1v) is 9.43. The molecule has 0 spiro atoms. The monoisotopic (exact) mass is 409 g/mol. The second-order valence-electron chi connectivity index (χ2n) is 6.46. The molecule has 4 aromatic rings. The van der Waals surface area contributed by atoms with Crippen LogP contribution in [0.5, 0.6) is 0 Å².